The molecule has 0 unspecified atom stereocenters. The van der Waals surface area contributed by atoms with E-state index in [0.29, 0.717) is 22.4 Å². The molecular weight excluding hydrogens is 438 g/mol. The number of nitrogens with one attached hydrogen (secondary N) is 2. The van der Waals surface area contributed by atoms with Crippen molar-refractivity contribution in [2.24, 2.45) is 7.05 Å². The van der Waals surface area contributed by atoms with Gasteiger partial charge in [-0.25, -0.2) is 0 Å². The van der Waals surface area contributed by atoms with Gasteiger partial charge in [-0.15, -0.1) is 10.2 Å². The van der Waals surface area contributed by atoms with Crippen molar-refractivity contribution in [3.8, 4) is 5.75 Å². The molecule has 4 rings (SSSR count). The highest BCUT2D eigenvalue weighted by Crippen LogP contribution is 2.21. The van der Waals surface area contributed by atoms with Crippen LogP contribution in [0.15, 0.2) is 71.9 Å². The van der Waals surface area contributed by atoms with Crippen LogP contribution in [0.4, 0.5) is 11.4 Å². The van der Waals surface area contributed by atoms with Crippen LogP contribution in [-0.2, 0) is 23.1 Å². The second-order valence-corrected chi connectivity index (χ2v) is 8.26. The summed E-state index contributed by atoms with van der Waals surface area (Å²) in [5.74, 6) is 0.981. The van der Waals surface area contributed by atoms with Gasteiger partial charge in [0, 0.05) is 24.5 Å². The third-order valence-electron chi connectivity index (χ3n) is 4.96. The number of carbonyl (C=O) groups excluding carboxylic acids is 2. The number of amides is 2. The third-order valence-corrected chi connectivity index (χ3v) is 5.98. The zero-order valence-electron chi connectivity index (χ0n) is 18.2. The van der Waals surface area contributed by atoms with Crippen LogP contribution in [-0.4, -0.2) is 39.4 Å². The van der Waals surface area contributed by atoms with Gasteiger partial charge in [0.15, 0.2) is 5.16 Å². The Hall–Kier alpha value is -3.85. The van der Waals surface area contributed by atoms with E-state index in [0.717, 1.165) is 16.5 Å². The van der Waals surface area contributed by atoms with E-state index >= 15 is 0 Å². The quantitative estimate of drug-likeness (QED) is 0.387. The lowest BCUT2D eigenvalue weighted by Crippen LogP contribution is -2.17. The van der Waals surface area contributed by atoms with Crippen LogP contribution in [0, 0.1) is 0 Å². The molecule has 4 aromatic rings. The maximum atomic E-state index is 12.4. The largest absolute Gasteiger partial charge is 0.497 e. The molecule has 33 heavy (non-hydrogen) atoms. The van der Waals surface area contributed by atoms with Crippen LogP contribution in [0.3, 0.4) is 0 Å². The van der Waals surface area contributed by atoms with Gasteiger partial charge in [0.05, 0.1) is 19.3 Å². The maximum absolute atomic E-state index is 12.4. The van der Waals surface area contributed by atoms with Gasteiger partial charge in [0.2, 0.25) is 11.8 Å². The van der Waals surface area contributed by atoms with Crippen LogP contribution >= 0.6 is 11.8 Å². The molecule has 0 spiro atoms. The van der Waals surface area contributed by atoms with E-state index in [1.165, 1.54) is 11.8 Å². The Morgan fingerprint density at radius 1 is 0.909 bits per heavy atom. The summed E-state index contributed by atoms with van der Waals surface area (Å²) in [5.41, 5.74) is 1.38. The van der Waals surface area contributed by atoms with E-state index < -0.39 is 0 Å². The SMILES string of the molecule is COc1cccc(NC(=O)Cc2nnc(SCC(=O)Nc3ccc4ccccc4c3)n2C)c1. The molecule has 0 bridgehead atoms. The summed E-state index contributed by atoms with van der Waals surface area (Å²) in [6, 6.07) is 20.9. The number of anilines is 2. The second kappa shape index (κ2) is 10.2. The molecule has 0 fully saturated rings. The Bertz CT molecular complexity index is 1300. The molecule has 0 aliphatic rings. The first-order valence-electron chi connectivity index (χ1n) is 10.3. The normalized spacial score (nSPS) is 10.7. The number of nitrogens with zero attached hydrogens (tertiary/aromatic N) is 3. The number of aromatic nitrogens is 3. The molecule has 0 aliphatic heterocycles. The standard InChI is InChI=1S/C24H23N5O3S/c1-29-21(14-22(30)25-18-8-5-9-20(13-18)32-2)27-28-24(29)33-15-23(31)26-19-11-10-16-6-3-4-7-17(16)12-19/h3-13H,14-15H2,1-2H3,(H,25,30)(H,26,31). The van der Waals surface area contributed by atoms with Gasteiger partial charge < -0.3 is 19.9 Å². The smallest absolute Gasteiger partial charge is 0.234 e. The molecule has 168 valence electrons. The molecule has 0 aliphatic carbocycles. The fourth-order valence-electron chi connectivity index (χ4n) is 3.27. The topological polar surface area (TPSA) is 98.1 Å². The number of benzene rings is 3. The average Bonchev–Trinajstić information content (AvgIpc) is 3.16. The molecule has 2 N–H and O–H groups in total. The molecular formula is C24H23N5O3S. The first kappa shape index (κ1) is 22.3. The molecule has 0 atom stereocenters. The summed E-state index contributed by atoms with van der Waals surface area (Å²) in [6.07, 6.45) is 0.0601. The molecule has 8 nitrogen and oxygen atoms in total. The summed E-state index contributed by atoms with van der Waals surface area (Å²) >= 11 is 1.26. The third kappa shape index (κ3) is 5.69. The average molecular weight is 462 g/mol. The van der Waals surface area contributed by atoms with E-state index in [1.54, 1.807) is 43.0 Å². The molecule has 1 heterocycles. The highest BCUT2D eigenvalue weighted by Gasteiger charge is 2.15. The number of rotatable bonds is 8. The zero-order chi connectivity index (χ0) is 23.2. The van der Waals surface area contributed by atoms with E-state index in [1.807, 2.05) is 42.5 Å². The first-order valence-corrected chi connectivity index (χ1v) is 11.2. The molecule has 9 heteroatoms. The van der Waals surface area contributed by atoms with Gasteiger partial charge in [0.1, 0.15) is 11.6 Å². The lowest BCUT2D eigenvalue weighted by Gasteiger charge is -2.08. The molecule has 0 radical (unpaired) electrons. The number of methoxy groups -OCH3 is 1. The van der Waals surface area contributed by atoms with E-state index in [2.05, 4.69) is 20.8 Å². The Morgan fingerprint density at radius 3 is 2.48 bits per heavy atom. The summed E-state index contributed by atoms with van der Waals surface area (Å²) < 4.78 is 6.89. The molecule has 0 saturated heterocycles. The van der Waals surface area contributed by atoms with Gasteiger partial charge in [-0.3, -0.25) is 9.59 Å². The fourth-order valence-corrected chi connectivity index (χ4v) is 4.00. The Labute approximate surface area is 195 Å². The minimum absolute atomic E-state index is 0.0601. The van der Waals surface area contributed by atoms with Crippen molar-refractivity contribution < 1.29 is 14.3 Å². The van der Waals surface area contributed by atoms with Gasteiger partial charge in [-0.1, -0.05) is 48.2 Å². The number of ether oxygens (including phenoxy) is 1. The van der Waals surface area contributed by atoms with Crippen LogP contribution < -0.4 is 15.4 Å². The van der Waals surface area contributed by atoms with E-state index in [4.69, 9.17) is 4.74 Å². The number of carbonyl (C=O) groups is 2. The minimum Gasteiger partial charge on any atom is -0.497 e. The van der Waals surface area contributed by atoms with Gasteiger partial charge >= 0.3 is 0 Å². The van der Waals surface area contributed by atoms with Crippen LogP contribution in [0.2, 0.25) is 0 Å². The predicted molar refractivity (Wildman–Crippen MR) is 130 cm³/mol. The van der Waals surface area contributed by atoms with Crippen molar-refractivity contribution in [1.82, 2.24) is 14.8 Å². The highest BCUT2D eigenvalue weighted by molar-refractivity contribution is 7.99. The van der Waals surface area contributed by atoms with Crippen molar-refractivity contribution in [3.05, 3.63) is 72.6 Å². The van der Waals surface area contributed by atoms with E-state index in [9.17, 15) is 9.59 Å². The lowest BCUT2D eigenvalue weighted by atomic mass is 10.1. The highest BCUT2D eigenvalue weighted by atomic mass is 32.2. The number of thioether (sulfide) groups is 1. The lowest BCUT2D eigenvalue weighted by molar-refractivity contribution is -0.116. The van der Waals surface area contributed by atoms with Crippen molar-refractivity contribution in [2.45, 2.75) is 11.6 Å². The summed E-state index contributed by atoms with van der Waals surface area (Å²) in [5, 5.41) is 16.7. The summed E-state index contributed by atoms with van der Waals surface area (Å²) in [4.78, 5) is 24.8. The molecule has 0 saturated carbocycles. The summed E-state index contributed by atoms with van der Waals surface area (Å²) in [6.45, 7) is 0. The van der Waals surface area contributed by atoms with Crippen molar-refractivity contribution in [1.29, 1.82) is 0 Å². The maximum Gasteiger partial charge on any atom is 0.234 e. The van der Waals surface area contributed by atoms with Crippen molar-refractivity contribution in [3.63, 3.8) is 0 Å². The summed E-state index contributed by atoms with van der Waals surface area (Å²) in [7, 11) is 3.35. The number of hydrogen-bond donors (Lipinski definition) is 2. The van der Waals surface area contributed by atoms with Gasteiger partial charge in [-0.05, 0) is 35.0 Å². The minimum atomic E-state index is -0.218. The Balaban J connectivity index is 1.31. The first-order chi connectivity index (χ1) is 16.0. The predicted octanol–water partition coefficient (Wildman–Crippen LogP) is 3.89. The second-order valence-electron chi connectivity index (χ2n) is 7.31. The molecule has 3 aromatic carbocycles. The van der Waals surface area contributed by atoms with Crippen molar-refractivity contribution in [2.75, 3.05) is 23.5 Å². The fraction of sp³-hybridized carbons (Fsp3) is 0.167. The van der Waals surface area contributed by atoms with Crippen LogP contribution in [0.5, 0.6) is 5.75 Å². The molecule has 2 amide bonds. The van der Waals surface area contributed by atoms with Crippen LogP contribution in [0.25, 0.3) is 10.8 Å². The number of hydrogen-bond acceptors (Lipinski definition) is 6. The molecule has 1 aromatic heterocycles. The Morgan fingerprint density at radius 2 is 1.67 bits per heavy atom. The monoisotopic (exact) mass is 461 g/mol. The van der Waals surface area contributed by atoms with Crippen molar-refractivity contribution >= 4 is 45.7 Å². The van der Waals surface area contributed by atoms with E-state index in [-0.39, 0.29) is 24.0 Å². The van der Waals surface area contributed by atoms with Crippen LogP contribution in [0.1, 0.15) is 5.82 Å². The van der Waals surface area contributed by atoms with Gasteiger partial charge in [0.25, 0.3) is 0 Å². The zero-order valence-corrected chi connectivity index (χ0v) is 19.1. The number of fused-ring (bicyclic) bond motifs is 1. The Kier molecular flexibility index (Phi) is 6.89. The van der Waals surface area contributed by atoms with Gasteiger partial charge in [-0.2, -0.15) is 0 Å².